The monoisotopic (exact) mass is 114 g/mol. The van der Waals surface area contributed by atoms with Gasteiger partial charge in [-0.25, -0.2) is 0 Å². The van der Waals surface area contributed by atoms with Crippen LogP contribution < -0.4 is 5.11 Å². The Morgan fingerprint density at radius 1 is 1.75 bits per heavy atom. The molecule has 0 aliphatic rings. The predicted octanol–water partition coefficient (Wildman–Crippen LogP) is -0.646. The zero-order valence-corrected chi connectivity index (χ0v) is 4.97. The Morgan fingerprint density at radius 2 is 2.25 bits per heavy atom. The van der Waals surface area contributed by atoms with E-state index in [9.17, 15) is 9.90 Å². The molecule has 0 amide bonds. The van der Waals surface area contributed by atoms with Gasteiger partial charge in [0.1, 0.15) is 5.78 Å². The normalized spacial score (nSPS) is 11.5. The molecule has 0 saturated carbocycles. The van der Waals surface area contributed by atoms with Crippen LogP contribution in [-0.2, 0) is 4.79 Å². The van der Waals surface area contributed by atoms with Crippen molar-refractivity contribution in [1.29, 1.82) is 0 Å². The Bertz CT molecular complexity index is 118. The van der Waals surface area contributed by atoms with Crippen molar-refractivity contribution in [3.05, 3.63) is 0 Å². The Hall–Kier alpha value is -0.860. The number of rotatable bonds is 2. The van der Waals surface area contributed by atoms with Crippen molar-refractivity contribution in [2.24, 2.45) is 4.99 Å². The summed E-state index contributed by atoms with van der Waals surface area (Å²) in [6.45, 7) is 1.36. The number of aliphatic imine (C=N–C) groups is 1. The molecule has 3 heteroatoms. The molecule has 0 radical (unpaired) electrons. The third-order valence-corrected chi connectivity index (χ3v) is 0.650. The van der Waals surface area contributed by atoms with Gasteiger partial charge >= 0.3 is 0 Å². The molecule has 0 aliphatic heterocycles. The number of hydrogen-bond donors (Lipinski definition) is 0. The highest BCUT2D eigenvalue weighted by molar-refractivity contribution is 5.94. The summed E-state index contributed by atoms with van der Waals surface area (Å²) in [6, 6.07) is 0. The van der Waals surface area contributed by atoms with Gasteiger partial charge in [-0.1, -0.05) is 0 Å². The molecule has 0 atom stereocenters. The average Bonchev–Trinajstić information content (AvgIpc) is 1.65. The molecule has 0 aromatic heterocycles. The highest BCUT2D eigenvalue weighted by Gasteiger charge is 1.87. The summed E-state index contributed by atoms with van der Waals surface area (Å²) in [5.74, 6) is -0.488. The third-order valence-electron chi connectivity index (χ3n) is 0.650. The summed E-state index contributed by atoms with van der Waals surface area (Å²) >= 11 is 0. The van der Waals surface area contributed by atoms with Crippen LogP contribution in [0.1, 0.15) is 13.3 Å². The first-order valence-corrected chi connectivity index (χ1v) is 2.29. The summed E-state index contributed by atoms with van der Waals surface area (Å²) in [6.07, 6.45) is -0.0590. The lowest BCUT2D eigenvalue weighted by molar-refractivity contribution is -0.218. The Labute approximate surface area is 48.1 Å². The Morgan fingerprint density at radius 3 is 2.38 bits per heavy atom. The second-order valence-corrected chi connectivity index (χ2v) is 1.50. The maximum absolute atomic E-state index is 10.2. The summed E-state index contributed by atoms with van der Waals surface area (Å²) in [7, 11) is 1.38. The van der Waals surface area contributed by atoms with E-state index in [2.05, 4.69) is 4.99 Å². The lowest BCUT2D eigenvalue weighted by Gasteiger charge is -2.03. The van der Waals surface area contributed by atoms with E-state index in [0.29, 0.717) is 0 Å². The lowest BCUT2D eigenvalue weighted by Crippen LogP contribution is -2.19. The summed E-state index contributed by atoms with van der Waals surface area (Å²) < 4.78 is 0. The summed E-state index contributed by atoms with van der Waals surface area (Å²) in [4.78, 5) is 13.4. The summed E-state index contributed by atoms with van der Waals surface area (Å²) in [5.41, 5.74) is 0. The van der Waals surface area contributed by atoms with Gasteiger partial charge in [-0.15, -0.1) is 0 Å². The van der Waals surface area contributed by atoms with Crippen LogP contribution in [0.3, 0.4) is 0 Å². The van der Waals surface area contributed by atoms with Crippen LogP contribution in [0.15, 0.2) is 4.99 Å². The van der Waals surface area contributed by atoms with Gasteiger partial charge < -0.3 is 10.1 Å². The van der Waals surface area contributed by atoms with E-state index < -0.39 is 0 Å². The third kappa shape index (κ3) is 3.33. The molecule has 0 saturated heterocycles. The molecule has 0 aromatic rings. The van der Waals surface area contributed by atoms with E-state index in [-0.39, 0.29) is 18.1 Å². The van der Waals surface area contributed by atoms with Crippen molar-refractivity contribution in [3.63, 3.8) is 0 Å². The minimum atomic E-state index is -0.350. The highest BCUT2D eigenvalue weighted by Crippen LogP contribution is 1.78. The lowest BCUT2D eigenvalue weighted by atomic mass is 10.3. The first-order chi connectivity index (χ1) is 3.66. The number of carbonyl (C=O) groups is 1. The number of ketones is 1. The molecule has 0 fully saturated rings. The molecule has 0 heterocycles. The van der Waals surface area contributed by atoms with Crippen molar-refractivity contribution in [3.8, 4) is 0 Å². The summed E-state index contributed by atoms with van der Waals surface area (Å²) in [5, 5.41) is 10.2. The highest BCUT2D eigenvalue weighted by atomic mass is 16.3. The van der Waals surface area contributed by atoms with Crippen LogP contribution in [0.2, 0.25) is 0 Å². The van der Waals surface area contributed by atoms with Gasteiger partial charge in [0, 0.05) is 13.5 Å². The van der Waals surface area contributed by atoms with Crippen LogP contribution in [0.5, 0.6) is 0 Å². The van der Waals surface area contributed by atoms with Crippen molar-refractivity contribution in [1.82, 2.24) is 0 Å². The van der Waals surface area contributed by atoms with Gasteiger partial charge in [0.25, 0.3) is 0 Å². The van der Waals surface area contributed by atoms with Gasteiger partial charge in [-0.05, 0) is 12.8 Å². The second kappa shape index (κ2) is 3.18. The van der Waals surface area contributed by atoms with E-state index in [1.54, 1.807) is 0 Å². The van der Waals surface area contributed by atoms with Crippen LogP contribution in [0.25, 0.3) is 0 Å². The minimum absolute atomic E-state index is 0.0590. The molecule has 0 rings (SSSR count). The zero-order chi connectivity index (χ0) is 6.57. The molecule has 3 nitrogen and oxygen atoms in total. The molecular formula is C5H8NO2-. The number of Topliss-reactive ketones (excluding diaryl/α,β-unsaturated/α-hetero) is 1. The number of hydrogen-bond acceptors (Lipinski definition) is 3. The first-order valence-electron chi connectivity index (χ1n) is 2.29. The average molecular weight is 114 g/mol. The molecule has 0 aromatic carbocycles. The van der Waals surface area contributed by atoms with Gasteiger partial charge in [0.2, 0.25) is 0 Å². The second-order valence-electron chi connectivity index (χ2n) is 1.50. The van der Waals surface area contributed by atoms with E-state index >= 15 is 0 Å². The van der Waals surface area contributed by atoms with Crippen molar-refractivity contribution >= 4 is 11.7 Å². The molecule has 46 valence electrons. The molecule has 0 N–H and O–H groups in total. The van der Waals surface area contributed by atoms with Crippen LogP contribution in [0, 0.1) is 0 Å². The molecule has 0 aliphatic carbocycles. The number of nitrogens with zero attached hydrogens (tertiary/aromatic N) is 1. The van der Waals surface area contributed by atoms with Crippen molar-refractivity contribution in [2.45, 2.75) is 13.3 Å². The zero-order valence-electron chi connectivity index (χ0n) is 4.97. The topological polar surface area (TPSA) is 52.5 Å². The predicted molar refractivity (Wildman–Crippen MR) is 28.7 cm³/mol. The maximum Gasteiger partial charge on any atom is 0.134 e. The fourth-order valence-electron chi connectivity index (χ4n) is 0.292. The van der Waals surface area contributed by atoms with Crippen molar-refractivity contribution in [2.75, 3.05) is 7.05 Å². The van der Waals surface area contributed by atoms with E-state index in [1.807, 2.05) is 0 Å². The fraction of sp³-hybridized carbons (Fsp3) is 0.600. The van der Waals surface area contributed by atoms with Crippen LogP contribution in [0.4, 0.5) is 0 Å². The van der Waals surface area contributed by atoms with Gasteiger partial charge in [0.05, 0.1) is 0 Å². The fourth-order valence-corrected chi connectivity index (χ4v) is 0.292. The Balaban J connectivity index is 3.56. The van der Waals surface area contributed by atoms with Gasteiger partial charge in [-0.2, -0.15) is 0 Å². The van der Waals surface area contributed by atoms with E-state index in [4.69, 9.17) is 0 Å². The molecule has 8 heavy (non-hydrogen) atoms. The van der Waals surface area contributed by atoms with Crippen LogP contribution in [-0.4, -0.2) is 18.7 Å². The molecule has 0 bridgehead atoms. The standard InChI is InChI=1S/C5H9NO2/c1-4(7)3-5(8)6-2/h3H2,1-2H3,(H,6,8)/p-1. The van der Waals surface area contributed by atoms with Crippen molar-refractivity contribution < 1.29 is 9.90 Å². The molecule has 0 unspecified atom stereocenters. The number of carbonyl (C=O) groups excluding carboxylic acids is 1. The quantitative estimate of drug-likeness (QED) is 0.354. The largest absolute Gasteiger partial charge is 0.862 e. The van der Waals surface area contributed by atoms with Gasteiger partial charge in [-0.3, -0.25) is 4.79 Å². The van der Waals surface area contributed by atoms with Crippen LogP contribution >= 0.6 is 0 Å². The van der Waals surface area contributed by atoms with Gasteiger partial charge in [0.15, 0.2) is 0 Å². The van der Waals surface area contributed by atoms with E-state index in [0.717, 1.165) is 0 Å². The Kier molecular flexibility index (Phi) is 2.84. The SMILES string of the molecule is CN=C([O-])CC(C)=O. The smallest absolute Gasteiger partial charge is 0.134 e. The van der Waals surface area contributed by atoms with E-state index in [1.165, 1.54) is 14.0 Å². The minimum Gasteiger partial charge on any atom is -0.862 e. The molecule has 0 spiro atoms. The molecular weight excluding hydrogens is 106 g/mol. The first kappa shape index (κ1) is 7.14. The maximum atomic E-state index is 10.2.